The number of carbonyl (C=O) groups excluding carboxylic acids is 1. The van der Waals surface area contributed by atoms with E-state index in [0.717, 1.165) is 19.4 Å². The van der Waals surface area contributed by atoms with Crippen molar-refractivity contribution in [1.29, 1.82) is 0 Å². The fourth-order valence-electron chi connectivity index (χ4n) is 2.84. The minimum absolute atomic E-state index is 0.00891. The number of benzene rings is 1. The van der Waals surface area contributed by atoms with Crippen molar-refractivity contribution in [2.75, 3.05) is 13.1 Å². The van der Waals surface area contributed by atoms with Gasteiger partial charge in [0.2, 0.25) is 11.8 Å². The van der Waals surface area contributed by atoms with Crippen molar-refractivity contribution in [2.45, 2.75) is 32.3 Å². The lowest BCUT2D eigenvalue weighted by molar-refractivity contribution is -0.130. The van der Waals surface area contributed by atoms with Crippen LogP contribution in [0, 0.1) is 6.92 Å². The molecule has 0 spiro atoms. The van der Waals surface area contributed by atoms with Crippen molar-refractivity contribution in [3.63, 3.8) is 0 Å². The largest absolute Gasteiger partial charge is 0.471 e. The number of hydrogen-bond acceptors (Lipinski definition) is 4. The van der Waals surface area contributed by atoms with E-state index in [1.165, 1.54) is 11.1 Å². The van der Waals surface area contributed by atoms with Gasteiger partial charge in [0.25, 0.3) is 0 Å². The van der Waals surface area contributed by atoms with E-state index >= 15 is 0 Å². The molecule has 0 N–H and O–H groups in total. The predicted molar refractivity (Wildman–Crippen MR) is 87.1 cm³/mol. The molecule has 0 aliphatic carbocycles. The lowest BCUT2D eigenvalue weighted by atomic mass is 10.1. The smallest absolute Gasteiger partial charge is 0.232 e. The van der Waals surface area contributed by atoms with Crippen LogP contribution in [-0.4, -0.2) is 40.0 Å². The van der Waals surface area contributed by atoms with Crippen LogP contribution in [0.3, 0.4) is 0 Å². The quantitative estimate of drug-likeness (QED) is 0.851. The van der Waals surface area contributed by atoms with Crippen LogP contribution in [0.25, 0.3) is 0 Å². The highest BCUT2D eigenvalue weighted by Gasteiger charge is 2.27. The second-order valence-electron chi connectivity index (χ2n) is 5.90. The van der Waals surface area contributed by atoms with Crippen molar-refractivity contribution in [3.8, 4) is 5.88 Å². The minimum Gasteiger partial charge on any atom is -0.471 e. The number of amides is 1. The van der Waals surface area contributed by atoms with E-state index in [0.29, 0.717) is 18.8 Å². The number of carbonyl (C=O) groups is 1. The summed E-state index contributed by atoms with van der Waals surface area (Å²) in [5.41, 5.74) is 2.44. The first-order valence-corrected chi connectivity index (χ1v) is 7.97. The fourth-order valence-corrected chi connectivity index (χ4v) is 2.84. The Labute approximate surface area is 136 Å². The number of rotatable bonds is 5. The number of hydrogen-bond donors (Lipinski definition) is 0. The highest BCUT2D eigenvalue weighted by Crippen LogP contribution is 2.17. The standard InChI is InChI=1S/C18H21N3O2/c1-14-3-2-4-15(11-14)5-6-18(22)21-10-7-16(13-21)23-17-12-19-8-9-20-17/h2-4,8-9,11-12,16H,5-7,10,13H2,1H3/t16-/m0/s1. The molecular weight excluding hydrogens is 290 g/mol. The third-order valence-electron chi connectivity index (χ3n) is 4.03. The summed E-state index contributed by atoms with van der Waals surface area (Å²) in [6.45, 7) is 3.45. The molecule has 1 amide bonds. The van der Waals surface area contributed by atoms with E-state index in [-0.39, 0.29) is 12.0 Å². The fraction of sp³-hybridized carbons (Fsp3) is 0.389. The lowest BCUT2D eigenvalue weighted by Crippen LogP contribution is -2.31. The van der Waals surface area contributed by atoms with Gasteiger partial charge in [0.05, 0.1) is 12.7 Å². The predicted octanol–water partition coefficient (Wildman–Crippen LogP) is 2.40. The van der Waals surface area contributed by atoms with E-state index in [1.807, 2.05) is 11.0 Å². The first-order valence-electron chi connectivity index (χ1n) is 7.97. The molecule has 1 fully saturated rings. The third-order valence-corrected chi connectivity index (χ3v) is 4.03. The van der Waals surface area contributed by atoms with Crippen LogP contribution < -0.4 is 4.74 Å². The molecule has 0 radical (unpaired) electrons. The highest BCUT2D eigenvalue weighted by molar-refractivity contribution is 5.76. The monoisotopic (exact) mass is 311 g/mol. The molecule has 1 aromatic heterocycles. The van der Waals surface area contributed by atoms with E-state index < -0.39 is 0 Å². The van der Waals surface area contributed by atoms with Crippen LogP contribution in [-0.2, 0) is 11.2 Å². The highest BCUT2D eigenvalue weighted by atomic mass is 16.5. The molecule has 1 aliphatic rings. The van der Waals surface area contributed by atoms with Gasteiger partial charge in [-0.3, -0.25) is 9.78 Å². The van der Waals surface area contributed by atoms with Crippen molar-refractivity contribution in [1.82, 2.24) is 14.9 Å². The summed E-state index contributed by atoms with van der Waals surface area (Å²) < 4.78 is 5.77. The minimum atomic E-state index is 0.00891. The number of nitrogens with zero attached hydrogens (tertiary/aromatic N) is 3. The molecule has 5 heteroatoms. The molecular formula is C18H21N3O2. The molecule has 23 heavy (non-hydrogen) atoms. The summed E-state index contributed by atoms with van der Waals surface area (Å²) in [5.74, 6) is 0.711. The first-order chi connectivity index (χ1) is 11.2. The maximum absolute atomic E-state index is 12.3. The van der Waals surface area contributed by atoms with Crippen LogP contribution in [0.5, 0.6) is 5.88 Å². The Morgan fingerprint density at radius 1 is 1.39 bits per heavy atom. The molecule has 5 nitrogen and oxygen atoms in total. The van der Waals surface area contributed by atoms with Crippen LogP contribution >= 0.6 is 0 Å². The molecule has 120 valence electrons. The van der Waals surface area contributed by atoms with Crippen molar-refractivity contribution in [2.24, 2.45) is 0 Å². The Hall–Kier alpha value is -2.43. The Balaban J connectivity index is 1.47. The molecule has 3 rings (SSSR count). The van der Waals surface area contributed by atoms with E-state index in [4.69, 9.17) is 4.74 Å². The second-order valence-corrected chi connectivity index (χ2v) is 5.90. The molecule has 0 saturated carbocycles. The SMILES string of the molecule is Cc1cccc(CCC(=O)N2CC[C@H](Oc3cnccn3)C2)c1. The molecule has 1 atom stereocenters. The summed E-state index contributed by atoms with van der Waals surface area (Å²) in [6.07, 6.45) is 7.00. The number of ether oxygens (including phenoxy) is 1. The van der Waals surface area contributed by atoms with Gasteiger partial charge in [-0.05, 0) is 18.9 Å². The Morgan fingerprint density at radius 3 is 3.09 bits per heavy atom. The molecule has 1 saturated heterocycles. The zero-order valence-electron chi connectivity index (χ0n) is 13.3. The van der Waals surface area contributed by atoms with Crippen molar-refractivity contribution < 1.29 is 9.53 Å². The van der Waals surface area contributed by atoms with Gasteiger partial charge in [0, 0.05) is 31.8 Å². The summed E-state index contributed by atoms with van der Waals surface area (Å²) >= 11 is 0. The topological polar surface area (TPSA) is 55.3 Å². The molecule has 2 heterocycles. The van der Waals surface area contributed by atoms with Crippen LogP contribution in [0.1, 0.15) is 24.0 Å². The summed E-state index contributed by atoms with van der Waals surface area (Å²) in [7, 11) is 0. The van der Waals surface area contributed by atoms with Crippen LogP contribution in [0.2, 0.25) is 0 Å². The Morgan fingerprint density at radius 2 is 2.30 bits per heavy atom. The maximum atomic E-state index is 12.3. The number of aromatic nitrogens is 2. The van der Waals surface area contributed by atoms with Gasteiger partial charge in [-0.2, -0.15) is 0 Å². The van der Waals surface area contributed by atoms with Crippen molar-refractivity contribution >= 4 is 5.91 Å². The van der Waals surface area contributed by atoms with Gasteiger partial charge in [0.15, 0.2) is 0 Å². The van der Waals surface area contributed by atoms with E-state index in [2.05, 4.69) is 35.1 Å². The zero-order valence-corrected chi connectivity index (χ0v) is 13.3. The normalized spacial score (nSPS) is 17.3. The molecule has 0 bridgehead atoms. The Kier molecular flexibility index (Phi) is 4.86. The van der Waals surface area contributed by atoms with Crippen LogP contribution in [0.4, 0.5) is 0 Å². The van der Waals surface area contributed by atoms with E-state index in [1.54, 1.807) is 18.6 Å². The van der Waals surface area contributed by atoms with Gasteiger partial charge in [-0.15, -0.1) is 0 Å². The molecule has 1 aromatic carbocycles. The zero-order chi connectivity index (χ0) is 16.1. The van der Waals surface area contributed by atoms with Gasteiger partial charge < -0.3 is 9.64 Å². The molecule has 1 aliphatic heterocycles. The summed E-state index contributed by atoms with van der Waals surface area (Å²) in [4.78, 5) is 22.3. The molecule has 2 aromatic rings. The summed E-state index contributed by atoms with van der Waals surface area (Å²) in [5, 5.41) is 0. The third kappa shape index (κ3) is 4.28. The number of likely N-dealkylation sites (tertiary alicyclic amines) is 1. The van der Waals surface area contributed by atoms with Gasteiger partial charge >= 0.3 is 0 Å². The molecule has 0 unspecified atom stereocenters. The summed E-state index contributed by atoms with van der Waals surface area (Å²) in [6, 6.07) is 8.32. The Bertz CT molecular complexity index is 660. The van der Waals surface area contributed by atoms with E-state index in [9.17, 15) is 4.79 Å². The first kappa shape index (κ1) is 15.5. The van der Waals surface area contributed by atoms with Gasteiger partial charge in [-0.1, -0.05) is 29.8 Å². The lowest BCUT2D eigenvalue weighted by Gasteiger charge is -2.17. The van der Waals surface area contributed by atoms with Crippen LogP contribution in [0.15, 0.2) is 42.9 Å². The maximum Gasteiger partial charge on any atom is 0.232 e. The average molecular weight is 311 g/mol. The average Bonchev–Trinajstić information content (AvgIpc) is 3.02. The second kappa shape index (κ2) is 7.22. The van der Waals surface area contributed by atoms with Gasteiger partial charge in [0.1, 0.15) is 6.10 Å². The van der Waals surface area contributed by atoms with Gasteiger partial charge in [-0.25, -0.2) is 4.98 Å². The van der Waals surface area contributed by atoms with Crippen molar-refractivity contribution in [3.05, 3.63) is 54.0 Å². The number of aryl methyl sites for hydroxylation is 2.